The summed E-state index contributed by atoms with van der Waals surface area (Å²) in [6.07, 6.45) is 0.128. The predicted octanol–water partition coefficient (Wildman–Crippen LogP) is 2.14. The highest BCUT2D eigenvalue weighted by molar-refractivity contribution is 5.79. The van der Waals surface area contributed by atoms with Gasteiger partial charge in [-0.25, -0.2) is 4.39 Å². The molecule has 2 atom stereocenters. The maximum atomic E-state index is 12.8. The van der Waals surface area contributed by atoms with Crippen molar-refractivity contribution in [3.63, 3.8) is 0 Å². The molecular formula is C17H16FNO2. The lowest BCUT2D eigenvalue weighted by molar-refractivity contribution is -0.121. The third kappa shape index (κ3) is 2.95. The molecule has 0 unspecified atom stereocenters. The van der Waals surface area contributed by atoms with Crippen LogP contribution in [0.2, 0.25) is 0 Å². The van der Waals surface area contributed by atoms with Gasteiger partial charge in [-0.2, -0.15) is 0 Å². The smallest absolute Gasteiger partial charge is 0.224 e. The van der Waals surface area contributed by atoms with Crippen LogP contribution >= 0.6 is 0 Å². The quantitative estimate of drug-likeness (QED) is 0.907. The predicted molar refractivity (Wildman–Crippen MR) is 77.1 cm³/mol. The Labute approximate surface area is 122 Å². The molecule has 0 radical (unpaired) electrons. The van der Waals surface area contributed by atoms with Crippen molar-refractivity contribution >= 4 is 5.91 Å². The molecule has 0 aromatic heterocycles. The Bertz CT molecular complexity index is 654. The molecule has 2 N–H and O–H groups in total. The fourth-order valence-corrected chi connectivity index (χ4v) is 2.76. The Morgan fingerprint density at radius 2 is 1.90 bits per heavy atom. The number of hydrogen-bond acceptors (Lipinski definition) is 2. The molecule has 0 heterocycles. The van der Waals surface area contributed by atoms with Crippen molar-refractivity contribution in [3.05, 3.63) is 71.0 Å². The minimum absolute atomic E-state index is 0.172. The Balaban J connectivity index is 1.69. The van der Waals surface area contributed by atoms with Crippen LogP contribution in [0.3, 0.4) is 0 Å². The standard InChI is InChI=1S/C17H16FNO2/c18-13-7-5-11(6-8-13)9-16(21)19-17-14-4-2-1-3-12(14)10-15(17)20/h1-8,15,17,20H,9-10H2,(H,19,21)/t15-,17+/m0/s1. The zero-order valence-corrected chi connectivity index (χ0v) is 11.4. The molecule has 21 heavy (non-hydrogen) atoms. The normalized spacial score (nSPS) is 20.1. The summed E-state index contributed by atoms with van der Waals surface area (Å²) in [5.74, 6) is -0.498. The molecule has 3 rings (SSSR count). The van der Waals surface area contributed by atoms with E-state index in [1.165, 1.54) is 12.1 Å². The first kappa shape index (κ1) is 13.8. The summed E-state index contributed by atoms with van der Waals surface area (Å²) in [4.78, 5) is 12.1. The third-order valence-electron chi connectivity index (χ3n) is 3.80. The van der Waals surface area contributed by atoms with E-state index in [0.717, 1.165) is 16.7 Å². The molecule has 1 aliphatic carbocycles. The summed E-state index contributed by atoms with van der Waals surface area (Å²) in [6, 6.07) is 13.2. The molecule has 2 aromatic rings. The van der Waals surface area contributed by atoms with Gasteiger partial charge in [-0.15, -0.1) is 0 Å². The van der Waals surface area contributed by atoms with E-state index >= 15 is 0 Å². The molecule has 108 valence electrons. The lowest BCUT2D eigenvalue weighted by atomic mass is 10.1. The molecule has 0 bridgehead atoms. The van der Waals surface area contributed by atoms with Crippen molar-refractivity contribution in [2.75, 3.05) is 0 Å². The number of benzene rings is 2. The van der Waals surface area contributed by atoms with Gasteiger partial charge in [0, 0.05) is 6.42 Å². The summed E-state index contributed by atoms with van der Waals surface area (Å²) in [5, 5.41) is 13.0. The number of hydrogen-bond donors (Lipinski definition) is 2. The number of aliphatic hydroxyl groups excluding tert-OH is 1. The number of amides is 1. The molecule has 1 aliphatic rings. The summed E-state index contributed by atoms with van der Waals surface area (Å²) in [7, 11) is 0. The van der Waals surface area contributed by atoms with Gasteiger partial charge in [0.1, 0.15) is 5.82 Å². The summed E-state index contributed by atoms with van der Waals surface area (Å²) < 4.78 is 12.8. The van der Waals surface area contributed by atoms with Crippen molar-refractivity contribution in [2.24, 2.45) is 0 Å². The molecule has 0 aliphatic heterocycles. The molecular weight excluding hydrogens is 269 g/mol. The number of halogens is 1. The van der Waals surface area contributed by atoms with Crippen molar-refractivity contribution in [1.82, 2.24) is 5.32 Å². The maximum absolute atomic E-state index is 12.8. The Morgan fingerprint density at radius 1 is 1.19 bits per heavy atom. The van der Waals surface area contributed by atoms with E-state index in [1.807, 2.05) is 24.3 Å². The minimum Gasteiger partial charge on any atom is -0.390 e. The van der Waals surface area contributed by atoms with Gasteiger partial charge in [-0.05, 0) is 28.8 Å². The van der Waals surface area contributed by atoms with Gasteiger partial charge in [0.2, 0.25) is 5.91 Å². The molecule has 2 aromatic carbocycles. The van der Waals surface area contributed by atoms with E-state index in [1.54, 1.807) is 12.1 Å². The van der Waals surface area contributed by atoms with Gasteiger partial charge < -0.3 is 10.4 Å². The van der Waals surface area contributed by atoms with E-state index in [-0.39, 0.29) is 24.2 Å². The number of rotatable bonds is 3. The monoisotopic (exact) mass is 285 g/mol. The van der Waals surface area contributed by atoms with Gasteiger partial charge in [-0.3, -0.25) is 4.79 Å². The van der Waals surface area contributed by atoms with Gasteiger partial charge in [-0.1, -0.05) is 36.4 Å². The zero-order valence-electron chi connectivity index (χ0n) is 11.4. The number of carbonyl (C=O) groups is 1. The second-order valence-electron chi connectivity index (χ2n) is 5.32. The molecule has 0 saturated carbocycles. The highest BCUT2D eigenvalue weighted by Crippen LogP contribution is 2.31. The van der Waals surface area contributed by atoms with E-state index in [9.17, 15) is 14.3 Å². The van der Waals surface area contributed by atoms with Crippen molar-refractivity contribution in [1.29, 1.82) is 0 Å². The number of fused-ring (bicyclic) bond motifs is 1. The fraction of sp³-hybridized carbons (Fsp3) is 0.235. The topological polar surface area (TPSA) is 49.3 Å². The average Bonchev–Trinajstić information content (AvgIpc) is 2.78. The highest BCUT2D eigenvalue weighted by Gasteiger charge is 2.31. The van der Waals surface area contributed by atoms with Gasteiger partial charge in [0.25, 0.3) is 0 Å². The summed E-state index contributed by atoms with van der Waals surface area (Å²) in [6.45, 7) is 0. The first-order valence-electron chi connectivity index (χ1n) is 6.93. The highest BCUT2D eigenvalue weighted by atomic mass is 19.1. The SMILES string of the molecule is O=C(Cc1ccc(F)cc1)N[C@@H]1c2ccccc2C[C@@H]1O. The van der Waals surface area contributed by atoms with Gasteiger partial charge >= 0.3 is 0 Å². The zero-order chi connectivity index (χ0) is 14.8. The average molecular weight is 285 g/mol. The van der Waals surface area contributed by atoms with Crippen LogP contribution in [0.15, 0.2) is 48.5 Å². The van der Waals surface area contributed by atoms with Gasteiger partial charge in [0.05, 0.1) is 18.6 Å². The van der Waals surface area contributed by atoms with Crippen molar-refractivity contribution < 1.29 is 14.3 Å². The summed E-state index contributed by atoms with van der Waals surface area (Å²) in [5.41, 5.74) is 2.78. The van der Waals surface area contributed by atoms with Crippen LogP contribution in [0.1, 0.15) is 22.7 Å². The van der Waals surface area contributed by atoms with Crippen LogP contribution in [0.4, 0.5) is 4.39 Å². The number of carbonyl (C=O) groups excluding carboxylic acids is 1. The molecule has 0 spiro atoms. The van der Waals surface area contributed by atoms with Crippen LogP contribution < -0.4 is 5.32 Å². The largest absolute Gasteiger partial charge is 0.390 e. The molecule has 1 amide bonds. The Morgan fingerprint density at radius 3 is 2.67 bits per heavy atom. The molecule has 0 fully saturated rings. The number of aliphatic hydroxyl groups is 1. The van der Waals surface area contributed by atoms with Gasteiger partial charge in [0.15, 0.2) is 0 Å². The van der Waals surface area contributed by atoms with Crippen LogP contribution in [-0.2, 0) is 17.6 Å². The van der Waals surface area contributed by atoms with Crippen LogP contribution in [0.25, 0.3) is 0 Å². The van der Waals surface area contributed by atoms with E-state index in [4.69, 9.17) is 0 Å². The van der Waals surface area contributed by atoms with Crippen LogP contribution in [-0.4, -0.2) is 17.1 Å². The first-order chi connectivity index (χ1) is 10.1. The molecule has 4 heteroatoms. The Kier molecular flexibility index (Phi) is 3.71. The molecule has 0 saturated heterocycles. The first-order valence-corrected chi connectivity index (χ1v) is 6.93. The fourth-order valence-electron chi connectivity index (χ4n) is 2.76. The second kappa shape index (κ2) is 5.66. The van der Waals surface area contributed by atoms with E-state index in [2.05, 4.69) is 5.32 Å². The van der Waals surface area contributed by atoms with Crippen LogP contribution in [0.5, 0.6) is 0 Å². The summed E-state index contributed by atoms with van der Waals surface area (Å²) >= 11 is 0. The molecule has 3 nitrogen and oxygen atoms in total. The van der Waals surface area contributed by atoms with Crippen LogP contribution in [0, 0.1) is 5.82 Å². The third-order valence-corrected chi connectivity index (χ3v) is 3.80. The van der Waals surface area contributed by atoms with Crippen molar-refractivity contribution in [2.45, 2.75) is 25.0 Å². The second-order valence-corrected chi connectivity index (χ2v) is 5.32. The maximum Gasteiger partial charge on any atom is 0.224 e. The number of nitrogens with one attached hydrogen (secondary N) is 1. The van der Waals surface area contributed by atoms with E-state index in [0.29, 0.717) is 6.42 Å². The van der Waals surface area contributed by atoms with E-state index < -0.39 is 6.10 Å². The lowest BCUT2D eigenvalue weighted by Crippen LogP contribution is -2.34. The Hall–Kier alpha value is -2.20. The minimum atomic E-state index is -0.598. The van der Waals surface area contributed by atoms with Crippen molar-refractivity contribution in [3.8, 4) is 0 Å². The lowest BCUT2D eigenvalue weighted by Gasteiger charge is -2.18.